The molecule has 1 N–H and O–H groups in total. The van der Waals surface area contributed by atoms with Crippen LogP contribution < -0.4 is 10.1 Å². The summed E-state index contributed by atoms with van der Waals surface area (Å²) in [7, 11) is 1.54. The van der Waals surface area contributed by atoms with Crippen LogP contribution in [0.2, 0.25) is 0 Å². The van der Waals surface area contributed by atoms with Gasteiger partial charge in [0.25, 0.3) is 5.91 Å². The van der Waals surface area contributed by atoms with E-state index >= 15 is 0 Å². The third-order valence-electron chi connectivity index (χ3n) is 4.11. The van der Waals surface area contributed by atoms with Crippen molar-refractivity contribution < 1.29 is 27.9 Å². The van der Waals surface area contributed by atoms with Gasteiger partial charge in [0.15, 0.2) is 17.5 Å². The molecule has 0 radical (unpaired) electrons. The minimum absolute atomic E-state index is 0.0164. The second kappa shape index (κ2) is 7.49. The van der Waals surface area contributed by atoms with Gasteiger partial charge in [0, 0.05) is 16.6 Å². The van der Waals surface area contributed by atoms with Gasteiger partial charge in [-0.2, -0.15) is 0 Å². The van der Waals surface area contributed by atoms with E-state index in [0.717, 1.165) is 0 Å². The molecule has 0 aliphatic rings. The highest BCUT2D eigenvalue weighted by Gasteiger charge is 2.25. The number of furan rings is 1. The number of benzene rings is 2. The first-order valence-electron chi connectivity index (χ1n) is 8.24. The Morgan fingerprint density at radius 1 is 1.15 bits per heavy atom. The van der Waals surface area contributed by atoms with Gasteiger partial charge in [-0.3, -0.25) is 4.79 Å². The number of esters is 1. The number of fused-ring (bicyclic) bond motifs is 1. The van der Waals surface area contributed by atoms with Gasteiger partial charge in [-0.15, -0.1) is 0 Å². The highest BCUT2D eigenvalue weighted by Crippen LogP contribution is 2.28. The molecule has 0 spiro atoms. The van der Waals surface area contributed by atoms with Gasteiger partial charge < -0.3 is 19.2 Å². The van der Waals surface area contributed by atoms with Crippen molar-refractivity contribution in [1.29, 1.82) is 0 Å². The molecule has 3 aromatic rings. The van der Waals surface area contributed by atoms with Crippen LogP contribution in [-0.4, -0.2) is 25.1 Å². The van der Waals surface area contributed by atoms with E-state index in [2.05, 4.69) is 5.32 Å². The maximum atomic E-state index is 13.8. The molecule has 140 valence electrons. The fourth-order valence-corrected chi connectivity index (χ4v) is 2.59. The predicted molar refractivity (Wildman–Crippen MR) is 97.4 cm³/mol. The predicted octanol–water partition coefficient (Wildman–Crippen LogP) is 4.07. The smallest absolute Gasteiger partial charge is 0.375 e. The van der Waals surface area contributed by atoms with E-state index in [1.807, 2.05) is 0 Å². The molecular weight excluding hydrogens is 353 g/mol. The molecule has 3 rings (SSSR count). The molecular formula is C20H18FNO5. The van der Waals surface area contributed by atoms with E-state index in [-0.39, 0.29) is 11.3 Å². The van der Waals surface area contributed by atoms with Crippen molar-refractivity contribution in [1.82, 2.24) is 0 Å². The van der Waals surface area contributed by atoms with E-state index in [1.165, 1.54) is 19.1 Å². The van der Waals surface area contributed by atoms with Crippen LogP contribution in [0.15, 0.2) is 46.9 Å². The number of aryl methyl sites for hydroxylation is 1. The maximum absolute atomic E-state index is 13.8. The fraction of sp³-hybridized carbons (Fsp3) is 0.200. The molecule has 0 aliphatic carbocycles. The van der Waals surface area contributed by atoms with Gasteiger partial charge in [-0.05, 0) is 44.2 Å². The zero-order chi connectivity index (χ0) is 19.6. The molecule has 0 aliphatic heterocycles. The number of nitrogens with one attached hydrogen (secondary N) is 1. The number of amides is 1. The highest BCUT2D eigenvalue weighted by molar-refractivity contribution is 5.99. The second-order valence-electron chi connectivity index (χ2n) is 5.94. The lowest BCUT2D eigenvalue weighted by Crippen LogP contribution is -2.30. The van der Waals surface area contributed by atoms with Crippen LogP contribution in [0.3, 0.4) is 0 Å². The van der Waals surface area contributed by atoms with E-state index in [9.17, 15) is 14.0 Å². The van der Waals surface area contributed by atoms with Crippen molar-refractivity contribution in [2.24, 2.45) is 0 Å². The van der Waals surface area contributed by atoms with E-state index in [4.69, 9.17) is 13.9 Å². The Morgan fingerprint density at radius 2 is 1.85 bits per heavy atom. The molecule has 0 saturated carbocycles. The molecule has 1 atom stereocenters. The van der Waals surface area contributed by atoms with Crippen LogP contribution in [0.5, 0.6) is 5.75 Å². The number of anilines is 1. The van der Waals surface area contributed by atoms with Crippen LogP contribution in [0.25, 0.3) is 11.0 Å². The summed E-state index contributed by atoms with van der Waals surface area (Å²) in [5, 5.41) is 3.12. The van der Waals surface area contributed by atoms with Gasteiger partial charge in [0.2, 0.25) is 5.76 Å². The first-order valence-corrected chi connectivity index (χ1v) is 8.24. The minimum atomic E-state index is -1.07. The molecule has 2 aromatic carbocycles. The number of carbonyl (C=O) groups is 2. The summed E-state index contributed by atoms with van der Waals surface area (Å²) in [4.78, 5) is 24.6. The SMILES string of the molecule is COc1ccc(NC(=O)[C@@H](C)OC(=O)c2oc3c(F)cccc3c2C)cc1. The number of hydrogen-bond acceptors (Lipinski definition) is 5. The minimum Gasteiger partial charge on any atom is -0.497 e. The lowest BCUT2D eigenvalue weighted by Gasteiger charge is -2.13. The summed E-state index contributed by atoms with van der Waals surface area (Å²) in [5.41, 5.74) is 0.972. The third-order valence-corrected chi connectivity index (χ3v) is 4.11. The summed E-state index contributed by atoms with van der Waals surface area (Å²) in [6, 6.07) is 11.1. The van der Waals surface area contributed by atoms with Crippen molar-refractivity contribution in [3.05, 3.63) is 59.6 Å². The summed E-state index contributed by atoms with van der Waals surface area (Å²) in [5.74, 6) is -1.38. The Kier molecular flexibility index (Phi) is 5.12. The summed E-state index contributed by atoms with van der Waals surface area (Å²) in [6.07, 6.45) is -1.07. The van der Waals surface area contributed by atoms with E-state index in [1.54, 1.807) is 44.4 Å². The largest absolute Gasteiger partial charge is 0.497 e. The average Bonchev–Trinajstić information content (AvgIpc) is 3.00. The Balaban J connectivity index is 1.70. The standard InChI is InChI=1S/C20H18FNO5/c1-11-15-5-4-6-16(21)18(15)27-17(11)20(24)26-12(2)19(23)22-13-7-9-14(25-3)10-8-13/h4-10,12H,1-3H3,(H,22,23)/t12-/m1/s1. The van der Waals surface area contributed by atoms with Crippen molar-refractivity contribution in [2.45, 2.75) is 20.0 Å². The quantitative estimate of drug-likeness (QED) is 0.684. The summed E-state index contributed by atoms with van der Waals surface area (Å²) in [6.45, 7) is 3.07. The lowest BCUT2D eigenvalue weighted by atomic mass is 10.1. The van der Waals surface area contributed by atoms with Crippen LogP contribution in [0.4, 0.5) is 10.1 Å². The topological polar surface area (TPSA) is 77.8 Å². The molecule has 0 unspecified atom stereocenters. The van der Waals surface area contributed by atoms with Gasteiger partial charge in [0.05, 0.1) is 7.11 Å². The van der Waals surface area contributed by atoms with Crippen LogP contribution in [0, 0.1) is 12.7 Å². The van der Waals surface area contributed by atoms with Gasteiger partial charge in [0.1, 0.15) is 5.75 Å². The Morgan fingerprint density at radius 3 is 2.48 bits per heavy atom. The lowest BCUT2D eigenvalue weighted by molar-refractivity contribution is -0.123. The number of halogens is 1. The number of rotatable bonds is 5. The number of carbonyl (C=O) groups excluding carboxylic acids is 2. The molecule has 0 bridgehead atoms. The Bertz CT molecular complexity index is 994. The van der Waals surface area contributed by atoms with E-state index in [0.29, 0.717) is 22.4 Å². The Labute approximate surface area is 154 Å². The van der Waals surface area contributed by atoms with Gasteiger partial charge in [-0.25, -0.2) is 9.18 Å². The average molecular weight is 371 g/mol. The maximum Gasteiger partial charge on any atom is 0.375 e. The molecule has 1 heterocycles. The van der Waals surface area contributed by atoms with Crippen molar-refractivity contribution in [3.8, 4) is 5.75 Å². The molecule has 27 heavy (non-hydrogen) atoms. The first-order chi connectivity index (χ1) is 12.9. The summed E-state index contributed by atoms with van der Waals surface area (Å²) < 4.78 is 29.4. The molecule has 0 fully saturated rings. The van der Waals surface area contributed by atoms with Crippen molar-refractivity contribution in [2.75, 3.05) is 12.4 Å². The molecule has 7 heteroatoms. The molecule has 1 aromatic heterocycles. The number of ether oxygens (including phenoxy) is 2. The zero-order valence-electron chi connectivity index (χ0n) is 15.0. The number of para-hydroxylation sites is 1. The van der Waals surface area contributed by atoms with Crippen molar-refractivity contribution >= 4 is 28.5 Å². The van der Waals surface area contributed by atoms with Gasteiger partial charge >= 0.3 is 5.97 Å². The highest BCUT2D eigenvalue weighted by atomic mass is 19.1. The molecule has 6 nitrogen and oxygen atoms in total. The second-order valence-corrected chi connectivity index (χ2v) is 5.94. The molecule has 0 saturated heterocycles. The summed E-state index contributed by atoms with van der Waals surface area (Å²) >= 11 is 0. The monoisotopic (exact) mass is 371 g/mol. The van der Waals surface area contributed by atoms with Gasteiger partial charge in [-0.1, -0.05) is 12.1 Å². The normalized spacial score (nSPS) is 11.9. The third kappa shape index (κ3) is 3.76. The Hall–Kier alpha value is -3.35. The van der Waals surface area contributed by atoms with E-state index < -0.39 is 23.8 Å². The van der Waals surface area contributed by atoms with Crippen molar-refractivity contribution in [3.63, 3.8) is 0 Å². The number of hydrogen-bond donors (Lipinski definition) is 1. The number of methoxy groups -OCH3 is 1. The molecule has 1 amide bonds. The van der Waals surface area contributed by atoms with Crippen LogP contribution in [-0.2, 0) is 9.53 Å². The van der Waals surface area contributed by atoms with Crippen LogP contribution in [0.1, 0.15) is 23.0 Å². The fourth-order valence-electron chi connectivity index (χ4n) is 2.59. The first kappa shape index (κ1) is 18.4. The van der Waals surface area contributed by atoms with Crippen LogP contribution >= 0.6 is 0 Å². The zero-order valence-corrected chi connectivity index (χ0v) is 15.0.